The Bertz CT molecular complexity index is 787. The molecular weight excluding hydrogens is 368 g/mol. The van der Waals surface area contributed by atoms with Crippen molar-refractivity contribution >= 4 is 23.5 Å². The van der Waals surface area contributed by atoms with Crippen LogP contribution < -0.4 is 5.32 Å². The number of likely N-dealkylation sites (tertiary alicyclic amines) is 2. The van der Waals surface area contributed by atoms with Crippen LogP contribution in [0, 0.1) is 18.3 Å². The summed E-state index contributed by atoms with van der Waals surface area (Å²) in [6.45, 7) is 9.22. The third kappa shape index (κ3) is 4.77. The lowest BCUT2D eigenvalue weighted by Crippen LogP contribution is -2.53. The van der Waals surface area contributed by atoms with Gasteiger partial charge in [0.1, 0.15) is 11.9 Å². The van der Waals surface area contributed by atoms with Gasteiger partial charge in [-0.1, -0.05) is 26.8 Å². The number of hydrogen-bond donors (Lipinski definition) is 1. The Hall–Kier alpha value is -2.44. The minimum atomic E-state index is -0.506. The van der Waals surface area contributed by atoms with Crippen LogP contribution in [0.4, 0.5) is 5.82 Å². The standard InChI is InChI=1S/C22H32N4O3/c1-15-8-5-11-23-18(15)24-19(27)16-9-6-12-25(14-16)20(28)17-10-7-13-26(17)21(29)22(2,3)4/h5,8,11,16-17H,6-7,9-10,12-14H2,1-4H3,(H,23,24,27). The van der Waals surface area contributed by atoms with E-state index in [0.717, 1.165) is 24.8 Å². The summed E-state index contributed by atoms with van der Waals surface area (Å²) in [5.74, 6) is 0.205. The van der Waals surface area contributed by atoms with Gasteiger partial charge in [-0.3, -0.25) is 14.4 Å². The largest absolute Gasteiger partial charge is 0.340 e. The van der Waals surface area contributed by atoms with Gasteiger partial charge in [-0.25, -0.2) is 4.98 Å². The van der Waals surface area contributed by atoms with E-state index < -0.39 is 11.5 Å². The number of nitrogens with one attached hydrogen (secondary N) is 1. The molecule has 0 aliphatic carbocycles. The smallest absolute Gasteiger partial charge is 0.245 e. The molecule has 2 fully saturated rings. The summed E-state index contributed by atoms with van der Waals surface area (Å²) in [5.41, 5.74) is 0.403. The van der Waals surface area contributed by atoms with Crippen LogP contribution in [0.2, 0.25) is 0 Å². The molecular formula is C22H32N4O3. The molecule has 158 valence electrons. The van der Waals surface area contributed by atoms with Gasteiger partial charge in [-0.2, -0.15) is 0 Å². The number of carbonyl (C=O) groups is 3. The van der Waals surface area contributed by atoms with Crippen LogP contribution in [0.5, 0.6) is 0 Å². The minimum Gasteiger partial charge on any atom is -0.340 e. The lowest BCUT2D eigenvalue weighted by Gasteiger charge is -2.37. The van der Waals surface area contributed by atoms with Crippen molar-refractivity contribution in [2.24, 2.45) is 11.3 Å². The molecule has 1 N–H and O–H groups in total. The van der Waals surface area contributed by atoms with Gasteiger partial charge >= 0.3 is 0 Å². The van der Waals surface area contributed by atoms with Gasteiger partial charge in [0.05, 0.1) is 5.92 Å². The van der Waals surface area contributed by atoms with Gasteiger partial charge in [0, 0.05) is 31.2 Å². The molecule has 7 nitrogen and oxygen atoms in total. The zero-order valence-electron chi connectivity index (χ0n) is 17.9. The molecule has 3 heterocycles. The first-order chi connectivity index (χ1) is 13.7. The number of pyridine rings is 1. The zero-order chi connectivity index (χ0) is 21.2. The average Bonchev–Trinajstić information content (AvgIpc) is 3.17. The molecule has 0 bridgehead atoms. The third-order valence-corrected chi connectivity index (χ3v) is 5.80. The average molecular weight is 401 g/mol. The van der Waals surface area contributed by atoms with Crippen molar-refractivity contribution in [1.29, 1.82) is 0 Å². The van der Waals surface area contributed by atoms with E-state index in [1.165, 1.54) is 0 Å². The summed E-state index contributed by atoms with van der Waals surface area (Å²) in [4.78, 5) is 46.5. The van der Waals surface area contributed by atoms with E-state index in [0.29, 0.717) is 31.9 Å². The van der Waals surface area contributed by atoms with Crippen molar-refractivity contribution in [2.75, 3.05) is 25.0 Å². The van der Waals surface area contributed by atoms with Gasteiger partial charge in [0.2, 0.25) is 17.7 Å². The van der Waals surface area contributed by atoms with E-state index in [2.05, 4.69) is 10.3 Å². The summed E-state index contributed by atoms with van der Waals surface area (Å²) >= 11 is 0. The molecule has 0 radical (unpaired) electrons. The topological polar surface area (TPSA) is 82.6 Å². The second kappa shape index (κ2) is 8.51. The minimum absolute atomic E-state index is 0.0188. The van der Waals surface area contributed by atoms with E-state index in [4.69, 9.17) is 0 Å². The molecule has 2 atom stereocenters. The Balaban J connectivity index is 1.65. The molecule has 0 aromatic carbocycles. The Morgan fingerprint density at radius 2 is 1.86 bits per heavy atom. The predicted octanol–water partition coefficient (Wildman–Crippen LogP) is 2.60. The molecule has 2 saturated heterocycles. The molecule has 0 spiro atoms. The molecule has 7 heteroatoms. The van der Waals surface area contributed by atoms with Crippen molar-refractivity contribution in [3.05, 3.63) is 23.9 Å². The lowest BCUT2D eigenvalue weighted by atomic mass is 9.93. The molecule has 2 aliphatic rings. The fourth-order valence-corrected chi connectivity index (χ4v) is 4.13. The number of piperidine rings is 1. The molecule has 29 heavy (non-hydrogen) atoms. The van der Waals surface area contributed by atoms with Crippen molar-refractivity contribution in [2.45, 2.75) is 59.4 Å². The normalized spacial score (nSPS) is 22.5. The highest BCUT2D eigenvalue weighted by Gasteiger charge is 2.41. The summed E-state index contributed by atoms with van der Waals surface area (Å²) in [7, 11) is 0. The molecule has 0 saturated carbocycles. The number of hydrogen-bond acceptors (Lipinski definition) is 4. The van der Waals surface area contributed by atoms with E-state index in [1.807, 2.05) is 39.8 Å². The fourth-order valence-electron chi connectivity index (χ4n) is 4.13. The van der Waals surface area contributed by atoms with Crippen molar-refractivity contribution < 1.29 is 14.4 Å². The maximum absolute atomic E-state index is 13.2. The number of carbonyl (C=O) groups excluding carboxylic acids is 3. The number of aromatic nitrogens is 1. The van der Waals surface area contributed by atoms with Crippen LogP contribution in [0.3, 0.4) is 0 Å². The maximum Gasteiger partial charge on any atom is 0.245 e. The number of nitrogens with zero attached hydrogens (tertiary/aromatic N) is 3. The highest BCUT2D eigenvalue weighted by Crippen LogP contribution is 2.28. The quantitative estimate of drug-likeness (QED) is 0.845. The van der Waals surface area contributed by atoms with Crippen molar-refractivity contribution in [3.8, 4) is 0 Å². The van der Waals surface area contributed by atoms with Crippen LogP contribution in [-0.4, -0.2) is 58.2 Å². The highest BCUT2D eigenvalue weighted by atomic mass is 16.2. The number of rotatable bonds is 3. The lowest BCUT2D eigenvalue weighted by molar-refractivity contribution is -0.149. The van der Waals surface area contributed by atoms with Gasteiger partial charge < -0.3 is 15.1 Å². The molecule has 2 unspecified atom stereocenters. The van der Waals surface area contributed by atoms with Gasteiger partial charge in [0.15, 0.2) is 0 Å². The third-order valence-electron chi connectivity index (χ3n) is 5.80. The molecule has 1 aromatic heterocycles. The van der Waals surface area contributed by atoms with Gasteiger partial charge in [-0.15, -0.1) is 0 Å². The van der Waals surface area contributed by atoms with E-state index in [9.17, 15) is 14.4 Å². The van der Waals surface area contributed by atoms with Crippen LogP contribution in [0.15, 0.2) is 18.3 Å². The van der Waals surface area contributed by atoms with Crippen LogP contribution >= 0.6 is 0 Å². The van der Waals surface area contributed by atoms with Crippen LogP contribution in [0.1, 0.15) is 52.0 Å². The first kappa shape index (κ1) is 21.3. The van der Waals surface area contributed by atoms with Gasteiger partial charge in [-0.05, 0) is 44.2 Å². The SMILES string of the molecule is Cc1cccnc1NC(=O)C1CCCN(C(=O)C2CCCN2C(=O)C(C)(C)C)C1. The highest BCUT2D eigenvalue weighted by molar-refractivity contribution is 5.94. The van der Waals surface area contributed by atoms with Crippen molar-refractivity contribution in [1.82, 2.24) is 14.8 Å². The second-order valence-corrected chi connectivity index (χ2v) is 9.19. The van der Waals surface area contributed by atoms with Crippen molar-refractivity contribution in [3.63, 3.8) is 0 Å². The summed E-state index contributed by atoms with van der Waals surface area (Å²) in [6, 6.07) is 3.33. The maximum atomic E-state index is 13.2. The monoisotopic (exact) mass is 400 g/mol. The Morgan fingerprint density at radius 1 is 1.14 bits per heavy atom. The van der Waals surface area contributed by atoms with E-state index >= 15 is 0 Å². The number of aryl methyl sites for hydroxylation is 1. The zero-order valence-corrected chi connectivity index (χ0v) is 17.9. The van der Waals surface area contributed by atoms with Crippen LogP contribution in [-0.2, 0) is 14.4 Å². The van der Waals surface area contributed by atoms with Crippen LogP contribution in [0.25, 0.3) is 0 Å². The van der Waals surface area contributed by atoms with E-state index in [1.54, 1.807) is 16.0 Å². The fraction of sp³-hybridized carbons (Fsp3) is 0.636. The Labute approximate surface area is 172 Å². The van der Waals surface area contributed by atoms with E-state index in [-0.39, 0.29) is 23.6 Å². The molecule has 3 rings (SSSR count). The summed E-state index contributed by atoms with van der Waals surface area (Å²) < 4.78 is 0. The molecule has 2 aliphatic heterocycles. The summed E-state index contributed by atoms with van der Waals surface area (Å²) in [6.07, 6.45) is 4.72. The molecule has 3 amide bonds. The Morgan fingerprint density at radius 3 is 2.55 bits per heavy atom. The molecule has 1 aromatic rings. The predicted molar refractivity (Wildman–Crippen MR) is 111 cm³/mol. The summed E-state index contributed by atoms with van der Waals surface area (Å²) in [5, 5.41) is 2.90. The first-order valence-corrected chi connectivity index (χ1v) is 10.5. The van der Waals surface area contributed by atoms with Gasteiger partial charge in [0.25, 0.3) is 0 Å². The number of amides is 3. The number of anilines is 1. The second-order valence-electron chi connectivity index (χ2n) is 9.19. The first-order valence-electron chi connectivity index (χ1n) is 10.5. The Kier molecular flexibility index (Phi) is 6.24.